The minimum atomic E-state index is -3.99. The topological polar surface area (TPSA) is 248 Å². The molecule has 0 aliphatic heterocycles. The zero-order valence-electron chi connectivity index (χ0n) is 20.8. The molecule has 0 aliphatic rings. The van der Waals surface area contributed by atoms with Crippen LogP contribution in [0.2, 0.25) is 0 Å². The molecule has 19 heteroatoms. The first-order valence-corrected chi connectivity index (χ1v) is 13.4. The molecule has 3 heterocycles. The maximum absolute atomic E-state index is 12.5. The number of imidazole rings is 1. The third-order valence-corrected chi connectivity index (χ3v) is 6.82. The van der Waals surface area contributed by atoms with E-state index < -0.39 is 28.2 Å². The van der Waals surface area contributed by atoms with E-state index in [2.05, 4.69) is 56.9 Å². The number of nitrogens with zero attached hydrogens (tertiary/aromatic N) is 8. The SMILES string of the molecule is CN[C@@H](CCCCNC(=O)CCCS(=O)(=O)NC(=O)Cn1cnc(-c2nnn[nH]2)c1-c1nnn[nH]1)C(C)=O. The van der Waals surface area contributed by atoms with Crippen LogP contribution in [0.5, 0.6) is 0 Å². The number of ketones is 1. The maximum Gasteiger partial charge on any atom is 0.253 e. The molecule has 1 atom stereocenters. The average molecular weight is 552 g/mol. The number of sulfonamides is 1. The van der Waals surface area contributed by atoms with Gasteiger partial charge in [0.05, 0.1) is 18.1 Å². The van der Waals surface area contributed by atoms with Crippen LogP contribution in [-0.2, 0) is 31.0 Å². The van der Waals surface area contributed by atoms with Crippen LogP contribution >= 0.6 is 0 Å². The molecule has 0 fully saturated rings. The molecule has 3 aromatic heterocycles. The Morgan fingerprint density at radius 1 is 1.03 bits per heavy atom. The highest BCUT2D eigenvalue weighted by Crippen LogP contribution is 2.25. The van der Waals surface area contributed by atoms with E-state index in [9.17, 15) is 22.8 Å². The van der Waals surface area contributed by atoms with Crippen molar-refractivity contribution in [2.24, 2.45) is 0 Å². The molecule has 0 aromatic carbocycles. The Morgan fingerprint density at radius 3 is 2.37 bits per heavy atom. The number of Topliss-reactive ketones (excluding diaryl/α,β-unsaturated/α-hetero) is 1. The lowest BCUT2D eigenvalue weighted by atomic mass is 10.1. The standard InChI is InChI=1S/C19H29N13O5S/c1-12(33)13(20-2)6-3-4-8-21-14(34)7-5-9-38(36,37)27-15(35)10-32-11-22-16(18-23-28-29-24-18)17(32)19-25-30-31-26-19/h11,13,20H,3-10H2,1-2H3,(H,21,34)(H,27,35)(H,23,24,28,29)(H,25,26,30,31)/t13-/m0/s1. The van der Waals surface area contributed by atoms with Gasteiger partial charge in [0.25, 0.3) is 5.91 Å². The highest BCUT2D eigenvalue weighted by molar-refractivity contribution is 7.90. The lowest BCUT2D eigenvalue weighted by molar-refractivity contribution is -0.121. The van der Waals surface area contributed by atoms with E-state index in [0.29, 0.717) is 19.4 Å². The molecule has 0 spiro atoms. The summed E-state index contributed by atoms with van der Waals surface area (Å²) in [6.45, 7) is 1.54. The van der Waals surface area contributed by atoms with Gasteiger partial charge < -0.3 is 15.2 Å². The van der Waals surface area contributed by atoms with Crippen molar-refractivity contribution in [2.75, 3.05) is 19.3 Å². The van der Waals surface area contributed by atoms with Crippen molar-refractivity contribution in [3.05, 3.63) is 6.33 Å². The number of H-pyrrole nitrogens is 2. The van der Waals surface area contributed by atoms with Crippen molar-refractivity contribution in [1.29, 1.82) is 0 Å². The first-order chi connectivity index (χ1) is 18.2. The van der Waals surface area contributed by atoms with Gasteiger partial charge in [0.1, 0.15) is 23.7 Å². The van der Waals surface area contributed by atoms with E-state index in [1.807, 2.05) is 4.72 Å². The molecule has 0 unspecified atom stereocenters. The van der Waals surface area contributed by atoms with E-state index in [0.717, 1.165) is 6.42 Å². The predicted octanol–water partition coefficient (Wildman–Crippen LogP) is -2.07. The Hall–Kier alpha value is -4.13. The largest absolute Gasteiger partial charge is 0.356 e. The summed E-state index contributed by atoms with van der Waals surface area (Å²) in [6, 6.07) is -0.196. The summed E-state index contributed by atoms with van der Waals surface area (Å²) in [7, 11) is -2.26. The highest BCUT2D eigenvalue weighted by atomic mass is 32.2. The second kappa shape index (κ2) is 13.4. The molecule has 3 rings (SSSR count). The quantitative estimate of drug-likeness (QED) is 0.120. The molecular formula is C19H29N13O5S. The van der Waals surface area contributed by atoms with Crippen molar-refractivity contribution >= 4 is 27.6 Å². The van der Waals surface area contributed by atoms with Crippen LogP contribution in [0.4, 0.5) is 0 Å². The highest BCUT2D eigenvalue weighted by Gasteiger charge is 2.23. The van der Waals surface area contributed by atoms with Crippen molar-refractivity contribution in [2.45, 2.75) is 51.6 Å². The Bertz CT molecular complexity index is 1300. The van der Waals surface area contributed by atoms with Gasteiger partial charge in [0, 0.05) is 13.0 Å². The fraction of sp³-hybridized carbons (Fsp3) is 0.579. The molecule has 38 heavy (non-hydrogen) atoms. The summed E-state index contributed by atoms with van der Waals surface area (Å²) in [5.41, 5.74) is 0.511. The Labute approximate surface area is 217 Å². The summed E-state index contributed by atoms with van der Waals surface area (Å²) in [5, 5.41) is 32.4. The van der Waals surface area contributed by atoms with Gasteiger partial charge in [-0.25, -0.2) is 23.6 Å². The van der Waals surface area contributed by atoms with E-state index in [-0.39, 0.29) is 53.6 Å². The van der Waals surface area contributed by atoms with Gasteiger partial charge in [0.15, 0.2) is 11.6 Å². The third kappa shape index (κ3) is 8.20. The van der Waals surface area contributed by atoms with Crippen LogP contribution in [0.25, 0.3) is 23.0 Å². The molecule has 5 N–H and O–H groups in total. The fourth-order valence-electron chi connectivity index (χ4n) is 3.62. The smallest absolute Gasteiger partial charge is 0.253 e. The predicted molar refractivity (Wildman–Crippen MR) is 130 cm³/mol. The molecule has 18 nitrogen and oxygen atoms in total. The van der Waals surface area contributed by atoms with E-state index >= 15 is 0 Å². The molecule has 0 bridgehead atoms. The maximum atomic E-state index is 12.5. The molecule has 2 amide bonds. The molecule has 0 radical (unpaired) electrons. The van der Waals surface area contributed by atoms with E-state index in [1.54, 1.807) is 7.05 Å². The number of unbranched alkanes of at least 4 members (excludes halogenated alkanes) is 1. The molecule has 3 aromatic rings. The van der Waals surface area contributed by atoms with Gasteiger partial charge in [-0.1, -0.05) is 0 Å². The second-order valence-corrected chi connectivity index (χ2v) is 10.2. The number of carbonyl (C=O) groups is 3. The van der Waals surface area contributed by atoms with Crippen LogP contribution in [-0.4, -0.2) is 102 Å². The summed E-state index contributed by atoms with van der Waals surface area (Å²) < 4.78 is 28.1. The summed E-state index contributed by atoms with van der Waals surface area (Å²) in [5.74, 6) is -1.10. The third-order valence-electron chi connectivity index (χ3n) is 5.46. The minimum Gasteiger partial charge on any atom is -0.356 e. The number of hydrogen-bond acceptors (Lipinski definition) is 13. The first kappa shape index (κ1) is 28.4. The van der Waals surface area contributed by atoms with Crippen LogP contribution in [0.15, 0.2) is 6.33 Å². The zero-order valence-corrected chi connectivity index (χ0v) is 21.7. The number of rotatable bonds is 16. The zero-order chi connectivity index (χ0) is 27.5. The number of likely N-dealkylation sites (N-methyl/N-ethyl adjacent to an activating group) is 1. The first-order valence-electron chi connectivity index (χ1n) is 11.7. The Balaban J connectivity index is 1.44. The van der Waals surface area contributed by atoms with Gasteiger partial charge >= 0.3 is 0 Å². The van der Waals surface area contributed by atoms with E-state index in [1.165, 1.54) is 17.8 Å². The monoisotopic (exact) mass is 551 g/mol. The summed E-state index contributed by atoms with van der Waals surface area (Å²) >= 11 is 0. The lowest BCUT2D eigenvalue weighted by Gasteiger charge is -2.12. The molecule has 0 saturated carbocycles. The van der Waals surface area contributed by atoms with Gasteiger partial charge in [0.2, 0.25) is 15.9 Å². The normalized spacial score (nSPS) is 12.3. The van der Waals surface area contributed by atoms with Crippen LogP contribution in [0.3, 0.4) is 0 Å². The molecular weight excluding hydrogens is 522 g/mol. The number of amides is 2. The number of nitrogens with one attached hydrogen (secondary N) is 5. The van der Waals surface area contributed by atoms with Crippen molar-refractivity contribution in [1.82, 2.24) is 66.2 Å². The Morgan fingerprint density at radius 2 is 1.74 bits per heavy atom. The Kier molecular flexibility index (Phi) is 10.0. The summed E-state index contributed by atoms with van der Waals surface area (Å²) in [4.78, 5) is 40.1. The van der Waals surface area contributed by atoms with E-state index in [4.69, 9.17) is 0 Å². The number of hydrogen-bond donors (Lipinski definition) is 5. The van der Waals surface area contributed by atoms with Crippen molar-refractivity contribution in [3.8, 4) is 23.0 Å². The molecule has 0 aliphatic carbocycles. The average Bonchev–Trinajstić information content (AvgIpc) is 3.62. The second-order valence-electron chi connectivity index (χ2n) is 8.31. The molecule has 206 valence electrons. The number of carbonyl (C=O) groups excluding carboxylic acids is 3. The van der Waals surface area contributed by atoms with Crippen LogP contribution < -0.4 is 15.4 Å². The number of aromatic nitrogens is 10. The summed E-state index contributed by atoms with van der Waals surface area (Å²) in [6.07, 6.45) is 3.44. The molecule has 0 saturated heterocycles. The van der Waals surface area contributed by atoms with Crippen LogP contribution in [0.1, 0.15) is 39.0 Å². The lowest BCUT2D eigenvalue weighted by Crippen LogP contribution is -2.35. The van der Waals surface area contributed by atoms with Gasteiger partial charge in [-0.05, 0) is 60.5 Å². The van der Waals surface area contributed by atoms with Gasteiger partial charge in [-0.2, -0.15) is 0 Å². The van der Waals surface area contributed by atoms with Gasteiger partial charge in [-0.15, -0.1) is 10.2 Å². The van der Waals surface area contributed by atoms with Crippen molar-refractivity contribution < 1.29 is 22.8 Å². The van der Waals surface area contributed by atoms with Gasteiger partial charge in [-0.3, -0.25) is 19.1 Å². The van der Waals surface area contributed by atoms with Crippen molar-refractivity contribution in [3.63, 3.8) is 0 Å². The number of tetrazole rings is 2. The number of aromatic amines is 2. The van der Waals surface area contributed by atoms with Crippen LogP contribution in [0, 0.1) is 0 Å². The fourth-order valence-corrected chi connectivity index (χ4v) is 4.66. The minimum absolute atomic E-state index is 0.0135.